The third kappa shape index (κ3) is 3.43. The molecule has 2 aromatic rings. The summed E-state index contributed by atoms with van der Waals surface area (Å²) < 4.78 is 1.02. The lowest BCUT2D eigenvalue weighted by atomic mass is 10.1. The van der Waals surface area contributed by atoms with Gasteiger partial charge in [0.25, 0.3) is 17.5 Å². The number of benzene rings is 2. The van der Waals surface area contributed by atoms with Crippen LogP contribution in [0.15, 0.2) is 42.5 Å². The van der Waals surface area contributed by atoms with Crippen molar-refractivity contribution in [2.24, 2.45) is 0 Å². The molecule has 0 saturated carbocycles. The number of rotatable bonds is 5. The molecule has 1 aliphatic rings. The van der Waals surface area contributed by atoms with Gasteiger partial charge < -0.3 is 5.32 Å². The maximum absolute atomic E-state index is 12.4. The maximum Gasteiger partial charge on any atom is 0.282 e. The first-order valence-corrected chi connectivity index (χ1v) is 8.65. The molecule has 8 nitrogen and oxygen atoms in total. The number of imide groups is 1. The molecule has 1 aliphatic heterocycles. The average molecular weight is 465 g/mol. The molecule has 0 unspecified atom stereocenters. The van der Waals surface area contributed by atoms with Gasteiger partial charge in [0.15, 0.2) is 0 Å². The van der Waals surface area contributed by atoms with Gasteiger partial charge in [-0.3, -0.25) is 29.4 Å². The smallest absolute Gasteiger partial charge is 0.282 e. The van der Waals surface area contributed by atoms with Crippen LogP contribution in [0.25, 0.3) is 0 Å². The van der Waals surface area contributed by atoms with E-state index in [4.69, 9.17) is 0 Å². The lowest BCUT2D eigenvalue weighted by Gasteiger charge is -2.13. The summed E-state index contributed by atoms with van der Waals surface area (Å²) in [4.78, 5) is 48.0. The summed E-state index contributed by atoms with van der Waals surface area (Å²) in [6.45, 7) is -0.153. The summed E-state index contributed by atoms with van der Waals surface area (Å²) >= 11 is 2.14. The molecule has 3 amide bonds. The van der Waals surface area contributed by atoms with Crippen molar-refractivity contribution < 1.29 is 19.3 Å². The third-order valence-corrected chi connectivity index (χ3v) is 4.58. The van der Waals surface area contributed by atoms with Crippen LogP contribution in [-0.2, 0) is 4.79 Å². The lowest BCUT2D eigenvalue weighted by Crippen LogP contribution is -2.33. The number of fused-ring (bicyclic) bond motifs is 1. The highest BCUT2D eigenvalue weighted by molar-refractivity contribution is 14.1. The van der Waals surface area contributed by atoms with E-state index in [0.717, 1.165) is 8.47 Å². The van der Waals surface area contributed by atoms with Gasteiger partial charge in [-0.1, -0.05) is 6.07 Å². The topological polar surface area (TPSA) is 110 Å². The van der Waals surface area contributed by atoms with Crippen molar-refractivity contribution in [3.05, 3.63) is 67.3 Å². The maximum atomic E-state index is 12.4. The van der Waals surface area contributed by atoms with Gasteiger partial charge in [0, 0.05) is 28.3 Å². The minimum Gasteiger partial charge on any atom is -0.326 e. The average Bonchev–Trinajstić information content (AvgIpc) is 2.86. The second-order valence-corrected chi connectivity index (χ2v) is 6.77. The Balaban J connectivity index is 1.69. The summed E-state index contributed by atoms with van der Waals surface area (Å²) in [6, 6.07) is 11.1. The monoisotopic (exact) mass is 465 g/mol. The molecule has 0 spiro atoms. The van der Waals surface area contributed by atoms with Crippen molar-refractivity contribution in [2.45, 2.75) is 6.42 Å². The summed E-state index contributed by atoms with van der Waals surface area (Å²) in [7, 11) is 0. The van der Waals surface area contributed by atoms with Gasteiger partial charge in [-0.15, -0.1) is 0 Å². The zero-order valence-corrected chi connectivity index (χ0v) is 15.4. The molecule has 9 heteroatoms. The van der Waals surface area contributed by atoms with Gasteiger partial charge in [0.2, 0.25) is 5.91 Å². The van der Waals surface area contributed by atoms with Crippen LogP contribution in [-0.4, -0.2) is 34.1 Å². The van der Waals surface area contributed by atoms with E-state index >= 15 is 0 Å². The van der Waals surface area contributed by atoms with E-state index in [1.54, 1.807) is 12.1 Å². The molecular formula is C17H12IN3O5. The second-order valence-electron chi connectivity index (χ2n) is 5.52. The molecule has 0 bridgehead atoms. The number of anilines is 1. The van der Waals surface area contributed by atoms with Crippen molar-refractivity contribution >= 4 is 51.7 Å². The van der Waals surface area contributed by atoms with Gasteiger partial charge in [0.1, 0.15) is 5.56 Å². The zero-order valence-electron chi connectivity index (χ0n) is 13.3. The molecule has 3 rings (SSSR count). The van der Waals surface area contributed by atoms with E-state index < -0.39 is 22.4 Å². The molecule has 1 heterocycles. The van der Waals surface area contributed by atoms with Gasteiger partial charge >= 0.3 is 0 Å². The zero-order chi connectivity index (χ0) is 18.8. The van der Waals surface area contributed by atoms with Crippen LogP contribution < -0.4 is 5.32 Å². The number of hydrogen-bond acceptors (Lipinski definition) is 5. The minimum absolute atomic E-state index is 0.0118. The number of nitro benzene ring substituents is 1. The molecule has 26 heavy (non-hydrogen) atoms. The number of carbonyl (C=O) groups is 3. The van der Waals surface area contributed by atoms with Crippen LogP contribution in [0.4, 0.5) is 11.4 Å². The molecular weight excluding hydrogens is 453 g/mol. The van der Waals surface area contributed by atoms with Crippen LogP contribution >= 0.6 is 22.6 Å². The van der Waals surface area contributed by atoms with Crippen molar-refractivity contribution in [1.29, 1.82) is 0 Å². The second kappa shape index (κ2) is 7.20. The first kappa shape index (κ1) is 18.0. The Labute approximate surface area is 161 Å². The number of carbonyl (C=O) groups excluding carboxylic acids is 3. The van der Waals surface area contributed by atoms with Crippen LogP contribution in [0, 0.1) is 13.7 Å². The SMILES string of the molecule is O=C(CCN1C(=O)c2cccc([N+](=O)[O-])c2C1=O)Nc1ccc(I)cc1. The molecule has 2 aromatic carbocycles. The van der Waals surface area contributed by atoms with E-state index in [0.29, 0.717) is 5.69 Å². The number of halogens is 1. The Morgan fingerprint density at radius 2 is 1.81 bits per heavy atom. The van der Waals surface area contributed by atoms with E-state index in [-0.39, 0.29) is 30.0 Å². The van der Waals surface area contributed by atoms with Crippen molar-refractivity contribution in [3.8, 4) is 0 Å². The van der Waals surface area contributed by atoms with E-state index in [9.17, 15) is 24.5 Å². The highest BCUT2D eigenvalue weighted by atomic mass is 127. The highest BCUT2D eigenvalue weighted by Crippen LogP contribution is 2.30. The molecule has 0 atom stereocenters. The fourth-order valence-corrected chi connectivity index (χ4v) is 3.00. The Hall–Kier alpha value is -2.82. The summed E-state index contributed by atoms with van der Waals surface area (Å²) in [5.41, 5.74) is -0.0390. The largest absolute Gasteiger partial charge is 0.326 e. The molecule has 132 valence electrons. The molecule has 0 aliphatic carbocycles. The van der Waals surface area contributed by atoms with Crippen molar-refractivity contribution in [2.75, 3.05) is 11.9 Å². The Morgan fingerprint density at radius 1 is 1.12 bits per heavy atom. The first-order valence-electron chi connectivity index (χ1n) is 7.57. The van der Waals surface area contributed by atoms with E-state index in [1.165, 1.54) is 18.2 Å². The summed E-state index contributed by atoms with van der Waals surface area (Å²) in [5, 5.41) is 13.7. The van der Waals surface area contributed by atoms with E-state index in [2.05, 4.69) is 27.9 Å². The van der Waals surface area contributed by atoms with Gasteiger partial charge in [-0.2, -0.15) is 0 Å². The van der Waals surface area contributed by atoms with Crippen LogP contribution in [0.1, 0.15) is 27.1 Å². The normalized spacial score (nSPS) is 12.9. The minimum atomic E-state index is -0.751. The fraction of sp³-hybridized carbons (Fsp3) is 0.118. The molecule has 0 saturated heterocycles. The van der Waals surface area contributed by atoms with Crippen LogP contribution in [0.3, 0.4) is 0 Å². The molecule has 0 radical (unpaired) electrons. The fourth-order valence-electron chi connectivity index (χ4n) is 2.64. The van der Waals surface area contributed by atoms with Gasteiger partial charge in [0.05, 0.1) is 10.5 Å². The van der Waals surface area contributed by atoms with Gasteiger partial charge in [-0.05, 0) is 52.9 Å². The molecule has 0 fully saturated rings. The summed E-state index contributed by atoms with van der Waals surface area (Å²) in [5.74, 6) is -1.74. The van der Waals surface area contributed by atoms with Gasteiger partial charge in [-0.25, -0.2) is 0 Å². The van der Waals surface area contributed by atoms with Crippen molar-refractivity contribution in [3.63, 3.8) is 0 Å². The lowest BCUT2D eigenvalue weighted by molar-refractivity contribution is -0.385. The molecule has 0 aromatic heterocycles. The highest BCUT2D eigenvalue weighted by Gasteiger charge is 2.40. The third-order valence-electron chi connectivity index (χ3n) is 3.86. The number of nitro groups is 1. The number of amides is 3. The molecule has 1 N–H and O–H groups in total. The van der Waals surface area contributed by atoms with Crippen LogP contribution in [0.5, 0.6) is 0 Å². The Morgan fingerprint density at radius 3 is 2.46 bits per heavy atom. The standard InChI is InChI=1S/C17H12IN3O5/c18-10-4-6-11(7-5-10)19-14(22)8-9-20-16(23)12-2-1-3-13(21(25)26)15(12)17(20)24/h1-7H,8-9H2,(H,19,22). The number of nitrogens with one attached hydrogen (secondary N) is 1. The van der Waals surface area contributed by atoms with Crippen LogP contribution in [0.2, 0.25) is 0 Å². The van der Waals surface area contributed by atoms with Crippen molar-refractivity contribution in [1.82, 2.24) is 4.90 Å². The Kier molecular flexibility index (Phi) is 4.98. The predicted molar refractivity (Wildman–Crippen MR) is 101 cm³/mol. The Bertz CT molecular complexity index is 926. The number of nitrogens with zero attached hydrogens (tertiary/aromatic N) is 2. The first-order chi connectivity index (χ1) is 12.4. The summed E-state index contributed by atoms with van der Waals surface area (Å²) in [6.07, 6.45) is -0.106. The number of hydrogen-bond donors (Lipinski definition) is 1. The van der Waals surface area contributed by atoms with E-state index in [1.807, 2.05) is 12.1 Å². The quantitative estimate of drug-likeness (QED) is 0.316. The predicted octanol–water partition coefficient (Wildman–Crippen LogP) is 2.82.